The number of nitrogens with one attached hydrogen (secondary N) is 1. The zero-order chi connectivity index (χ0) is 16.3. The van der Waals surface area contributed by atoms with Gasteiger partial charge in [-0.05, 0) is 37.3 Å². The molecule has 5 nitrogen and oxygen atoms in total. The lowest BCUT2D eigenvalue weighted by Gasteiger charge is -2.36. The number of hydrogen-bond acceptors (Lipinski definition) is 3. The van der Waals surface area contributed by atoms with Gasteiger partial charge in [0.2, 0.25) is 0 Å². The van der Waals surface area contributed by atoms with Gasteiger partial charge in [-0.1, -0.05) is 38.0 Å². The maximum atomic E-state index is 12.8. The van der Waals surface area contributed by atoms with E-state index in [4.69, 9.17) is 4.74 Å². The lowest BCUT2D eigenvalue weighted by Crippen LogP contribution is -2.53. The first-order chi connectivity index (χ1) is 11.1. The average Bonchev–Trinajstić information content (AvgIpc) is 2.80. The molecule has 1 aromatic carbocycles. The Kier molecular flexibility index (Phi) is 4.55. The Labute approximate surface area is 137 Å². The van der Waals surface area contributed by atoms with Gasteiger partial charge >= 0.3 is 6.03 Å². The number of carbonyl (C=O) groups excluding carboxylic acids is 2. The maximum absolute atomic E-state index is 12.8. The molecule has 0 radical (unpaired) electrons. The smallest absolute Gasteiger partial charge is 0.325 e. The number of urea groups is 1. The van der Waals surface area contributed by atoms with Crippen LogP contribution in [0.4, 0.5) is 4.79 Å². The molecule has 3 amide bonds. The Balaban J connectivity index is 1.54. The molecule has 0 unspecified atom stereocenters. The standard InChI is InChI=1S/C18H24N2O3/c1-14-8-5-6-11-18(14)16(21)20(17(22)19-18)12-7-13-23-15-9-3-2-4-10-15/h2-4,9-10,14H,5-8,11-13H2,1H3,(H,19,22)/t14-,18-/m1/s1. The third kappa shape index (κ3) is 3.05. The number of amides is 3. The van der Waals surface area contributed by atoms with Crippen molar-refractivity contribution < 1.29 is 14.3 Å². The van der Waals surface area contributed by atoms with E-state index in [2.05, 4.69) is 12.2 Å². The molecule has 2 fully saturated rings. The van der Waals surface area contributed by atoms with Gasteiger partial charge in [0.05, 0.1) is 6.61 Å². The van der Waals surface area contributed by atoms with Crippen LogP contribution in [0.25, 0.3) is 0 Å². The van der Waals surface area contributed by atoms with E-state index in [1.807, 2.05) is 30.3 Å². The molecule has 1 N–H and O–H groups in total. The van der Waals surface area contributed by atoms with Crippen molar-refractivity contribution in [3.8, 4) is 5.75 Å². The van der Waals surface area contributed by atoms with Crippen molar-refractivity contribution in [1.82, 2.24) is 10.2 Å². The fourth-order valence-electron chi connectivity index (χ4n) is 3.63. The Bertz CT molecular complexity index is 575. The second kappa shape index (κ2) is 6.60. The zero-order valence-corrected chi connectivity index (χ0v) is 13.6. The van der Waals surface area contributed by atoms with Crippen LogP contribution in [0, 0.1) is 5.92 Å². The molecule has 23 heavy (non-hydrogen) atoms. The van der Waals surface area contributed by atoms with Gasteiger partial charge in [-0.15, -0.1) is 0 Å². The van der Waals surface area contributed by atoms with Gasteiger partial charge in [-0.25, -0.2) is 4.79 Å². The molecule has 0 aromatic heterocycles. The van der Waals surface area contributed by atoms with Gasteiger partial charge < -0.3 is 10.1 Å². The van der Waals surface area contributed by atoms with Crippen LogP contribution in [0.2, 0.25) is 0 Å². The highest BCUT2D eigenvalue weighted by Crippen LogP contribution is 2.38. The van der Waals surface area contributed by atoms with Crippen LogP contribution in [0.5, 0.6) is 5.75 Å². The van der Waals surface area contributed by atoms with Crippen molar-refractivity contribution in [2.24, 2.45) is 5.92 Å². The second-order valence-electron chi connectivity index (χ2n) is 6.52. The monoisotopic (exact) mass is 316 g/mol. The molecule has 5 heteroatoms. The van der Waals surface area contributed by atoms with Crippen LogP contribution in [-0.4, -0.2) is 35.5 Å². The second-order valence-corrected chi connectivity index (χ2v) is 6.52. The number of ether oxygens (including phenoxy) is 1. The van der Waals surface area contributed by atoms with E-state index in [0.29, 0.717) is 19.6 Å². The number of hydrogen-bond donors (Lipinski definition) is 1. The van der Waals surface area contributed by atoms with Gasteiger partial charge in [0.1, 0.15) is 11.3 Å². The van der Waals surface area contributed by atoms with E-state index in [0.717, 1.165) is 31.4 Å². The highest BCUT2D eigenvalue weighted by atomic mass is 16.5. The maximum Gasteiger partial charge on any atom is 0.325 e. The summed E-state index contributed by atoms with van der Waals surface area (Å²) in [6.07, 6.45) is 4.53. The van der Waals surface area contributed by atoms with Crippen LogP contribution >= 0.6 is 0 Å². The topological polar surface area (TPSA) is 58.6 Å². The molecule has 124 valence electrons. The first-order valence-electron chi connectivity index (χ1n) is 8.45. The minimum atomic E-state index is -0.657. The van der Waals surface area contributed by atoms with Gasteiger partial charge in [0, 0.05) is 6.54 Å². The molecule has 2 aliphatic rings. The van der Waals surface area contributed by atoms with E-state index in [-0.39, 0.29) is 17.9 Å². The summed E-state index contributed by atoms with van der Waals surface area (Å²) < 4.78 is 5.62. The summed E-state index contributed by atoms with van der Waals surface area (Å²) in [6, 6.07) is 9.31. The summed E-state index contributed by atoms with van der Waals surface area (Å²) in [7, 11) is 0. The van der Waals surface area contributed by atoms with Crippen LogP contribution in [-0.2, 0) is 4.79 Å². The Morgan fingerprint density at radius 1 is 1.26 bits per heavy atom. The van der Waals surface area contributed by atoms with Gasteiger partial charge in [0.15, 0.2) is 0 Å². The molecular formula is C18H24N2O3. The SMILES string of the molecule is C[C@@H]1CCCC[C@@]12NC(=O)N(CCCOc1ccccc1)C2=O. The number of nitrogens with zero attached hydrogens (tertiary/aromatic N) is 1. The predicted octanol–water partition coefficient (Wildman–Crippen LogP) is 2.96. The fourth-order valence-corrected chi connectivity index (χ4v) is 3.63. The third-order valence-corrected chi connectivity index (χ3v) is 5.04. The van der Waals surface area contributed by atoms with Crippen LogP contribution in [0.3, 0.4) is 0 Å². The molecule has 1 saturated carbocycles. The molecule has 3 rings (SSSR count). The number of imide groups is 1. The number of para-hydroxylation sites is 1. The Hall–Kier alpha value is -2.04. The van der Waals surface area contributed by atoms with Crippen molar-refractivity contribution in [2.45, 2.75) is 44.6 Å². The van der Waals surface area contributed by atoms with E-state index in [1.54, 1.807) is 0 Å². The van der Waals surface area contributed by atoms with Crippen LogP contribution in [0.1, 0.15) is 39.0 Å². The highest BCUT2D eigenvalue weighted by Gasteiger charge is 2.54. The lowest BCUT2D eigenvalue weighted by atomic mass is 9.73. The molecule has 1 spiro atoms. The van der Waals surface area contributed by atoms with Crippen molar-refractivity contribution in [3.05, 3.63) is 30.3 Å². The van der Waals surface area contributed by atoms with Crippen LogP contribution in [0.15, 0.2) is 30.3 Å². The number of benzene rings is 1. The molecule has 2 atom stereocenters. The minimum Gasteiger partial charge on any atom is -0.494 e. The summed E-state index contributed by atoms with van der Waals surface area (Å²) >= 11 is 0. The molecule has 1 aromatic rings. The fraction of sp³-hybridized carbons (Fsp3) is 0.556. The van der Waals surface area contributed by atoms with Crippen molar-refractivity contribution in [2.75, 3.05) is 13.2 Å². The number of carbonyl (C=O) groups is 2. The van der Waals surface area contributed by atoms with Gasteiger partial charge in [0.25, 0.3) is 5.91 Å². The average molecular weight is 316 g/mol. The summed E-state index contributed by atoms with van der Waals surface area (Å²) in [5.74, 6) is 0.967. The third-order valence-electron chi connectivity index (χ3n) is 5.04. The van der Waals surface area contributed by atoms with E-state index >= 15 is 0 Å². The van der Waals surface area contributed by atoms with E-state index < -0.39 is 5.54 Å². The largest absolute Gasteiger partial charge is 0.494 e. The van der Waals surface area contributed by atoms with Gasteiger partial charge in [-0.2, -0.15) is 0 Å². The molecule has 0 bridgehead atoms. The summed E-state index contributed by atoms with van der Waals surface area (Å²) in [6.45, 7) is 2.97. The summed E-state index contributed by atoms with van der Waals surface area (Å²) in [5, 5.41) is 2.97. The van der Waals surface area contributed by atoms with E-state index in [1.165, 1.54) is 4.90 Å². The first-order valence-corrected chi connectivity index (χ1v) is 8.45. The van der Waals surface area contributed by atoms with Crippen LogP contribution < -0.4 is 10.1 Å². The summed E-state index contributed by atoms with van der Waals surface area (Å²) in [5.41, 5.74) is -0.657. The van der Waals surface area contributed by atoms with Gasteiger partial charge in [-0.3, -0.25) is 9.69 Å². The zero-order valence-electron chi connectivity index (χ0n) is 13.6. The highest BCUT2D eigenvalue weighted by molar-refractivity contribution is 6.07. The number of rotatable bonds is 5. The normalized spacial score (nSPS) is 27.3. The first kappa shape index (κ1) is 15.8. The van der Waals surface area contributed by atoms with Crippen molar-refractivity contribution >= 4 is 11.9 Å². The van der Waals surface area contributed by atoms with Crippen molar-refractivity contribution in [3.63, 3.8) is 0 Å². The molecule has 1 aliphatic carbocycles. The van der Waals surface area contributed by atoms with E-state index in [9.17, 15) is 9.59 Å². The molecule has 1 heterocycles. The van der Waals surface area contributed by atoms with Crippen molar-refractivity contribution in [1.29, 1.82) is 0 Å². The Morgan fingerprint density at radius 3 is 2.78 bits per heavy atom. The minimum absolute atomic E-state index is 0.0468. The predicted molar refractivity (Wildman–Crippen MR) is 87.2 cm³/mol. The molecule has 1 saturated heterocycles. The molecular weight excluding hydrogens is 292 g/mol. The lowest BCUT2D eigenvalue weighted by molar-refractivity contribution is -0.134. The Morgan fingerprint density at radius 2 is 2.04 bits per heavy atom. The summed E-state index contributed by atoms with van der Waals surface area (Å²) in [4.78, 5) is 26.4. The quantitative estimate of drug-likeness (QED) is 0.671. The molecule has 1 aliphatic heterocycles.